The molecule has 2 aromatic carbocycles. The van der Waals surface area contributed by atoms with Crippen LogP contribution in [0.3, 0.4) is 0 Å². The van der Waals surface area contributed by atoms with E-state index < -0.39 is 19.7 Å². The average Bonchev–Trinajstić information content (AvgIpc) is 2.39. The third-order valence-corrected chi connectivity index (χ3v) is 6.22. The Balaban J connectivity index is 2.26. The third-order valence-electron chi connectivity index (χ3n) is 2.15. The normalized spacial score (nSPS) is 14.1. The molecule has 0 fully saturated rings. The molecule has 0 radical (unpaired) electrons. The average molecular weight is 319 g/mol. The van der Waals surface area contributed by atoms with Crippen molar-refractivity contribution < 1.29 is 8.42 Å². The molecule has 0 amide bonds. The van der Waals surface area contributed by atoms with E-state index in [0.717, 1.165) is 0 Å². The van der Waals surface area contributed by atoms with Crippen LogP contribution in [0.25, 0.3) is 0 Å². The summed E-state index contributed by atoms with van der Waals surface area (Å²) in [6.07, 6.45) is 0. The minimum absolute atomic E-state index is 0.479. The van der Waals surface area contributed by atoms with Gasteiger partial charge in [0.2, 0.25) is 0 Å². The number of hydrogen-bond donors (Lipinski definition) is 0. The van der Waals surface area contributed by atoms with Crippen molar-refractivity contribution in [3.8, 4) is 0 Å². The van der Waals surface area contributed by atoms with Gasteiger partial charge in [0.25, 0.3) is 0 Å². The van der Waals surface area contributed by atoms with Gasteiger partial charge >= 0.3 is 0 Å². The van der Waals surface area contributed by atoms with Crippen LogP contribution in [0.15, 0.2) is 58.3 Å². The van der Waals surface area contributed by atoms with Crippen molar-refractivity contribution in [3.05, 3.63) is 58.6 Å². The summed E-state index contributed by atoms with van der Waals surface area (Å²) >= 11 is 11.5. The van der Waals surface area contributed by atoms with Crippen LogP contribution in [0, 0.1) is 0 Å². The molecular weight excluding hydrogens is 311 g/mol. The van der Waals surface area contributed by atoms with E-state index in [1.54, 1.807) is 48.5 Å². The zero-order valence-corrected chi connectivity index (χ0v) is 12.2. The molecule has 0 saturated carbocycles. The van der Waals surface area contributed by atoms with E-state index in [1.165, 1.54) is 0 Å². The van der Waals surface area contributed by atoms with Gasteiger partial charge in [-0.15, -0.1) is 0 Å². The van der Waals surface area contributed by atoms with Crippen molar-refractivity contribution in [2.24, 2.45) is 0 Å². The molecule has 2 nitrogen and oxygen atoms in total. The van der Waals surface area contributed by atoms with Crippen LogP contribution >= 0.6 is 23.2 Å². The van der Waals surface area contributed by atoms with Gasteiger partial charge in [0.1, 0.15) is 19.7 Å². The Kier molecular flexibility index (Phi) is 4.56. The van der Waals surface area contributed by atoms with E-state index in [-0.39, 0.29) is 0 Å². The lowest BCUT2D eigenvalue weighted by Gasteiger charge is -2.02. The quantitative estimate of drug-likeness (QED) is 0.806. The molecule has 2 rings (SSSR count). The summed E-state index contributed by atoms with van der Waals surface area (Å²) in [5.74, 6) is 0. The first kappa shape index (κ1) is 13.7. The smallest absolute Gasteiger partial charge is 0.148 e. The molecule has 18 heavy (non-hydrogen) atoms. The van der Waals surface area contributed by atoms with Gasteiger partial charge in [0.05, 0.1) is 9.79 Å². The van der Waals surface area contributed by atoms with Gasteiger partial charge in [-0.25, -0.2) is 8.42 Å². The SMILES string of the molecule is O=[S@](c1ccc(Cl)cc1)[S@](=O)c1ccc(Cl)cc1. The number of hydrogen-bond acceptors (Lipinski definition) is 2. The molecule has 0 aromatic heterocycles. The van der Waals surface area contributed by atoms with Crippen molar-refractivity contribution in [1.29, 1.82) is 0 Å². The zero-order valence-electron chi connectivity index (χ0n) is 9.01. The first-order chi connectivity index (χ1) is 8.58. The second-order valence-electron chi connectivity index (χ2n) is 3.38. The second kappa shape index (κ2) is 5.97. The van der Waals surface area contributed by atoms with E-state index in [4.69, 9.17) is 23.2 Å². The highest BCUT2D eigenvalue weighted by Gasteiger charge is 2.14. The molecule has 0 unspecified atom stereocenters. The maximum Gasteiger partial charge on any atom is 0.148 e. The predicted octanol–water partition coefficient (Wildman–Crippen LogP) is 3.82. The monoisotopic (exact) mass is 318 g/mol. The zero-order chi connectivity index (χ0) is 13.1. The van der Waals surface area contributed by atoms with Crippen LogP contribution in [0.4, 0.5) is 0 Å². The largest absolute Gasteiger partial charge is 0.240 e. The molecule has 2 aromatic rings. The first-order valence-corrected chi connectivity index (χ1v) is 8.50. The summed E-state index contributed by atoms with van der Waals surface area (Å²) in [6.45, 7) is 0. The summed E-state index contributed by atoms with van der Waals surface area (Å²) in [6, 6.07) is 12.9. The minimum atomic E-state index is -1.62. The summed E-state index contributed by atoms with van der Waals surface area (Å²) in [7, 11) is -3.25. The molecule has 0 spiro atoms. The van der Waals surface area contributed by atoms with Crippen LogP contribution in [-0.4, -0.2) is 8.42 Å². The molecule has 0 N–H and O–H groups in total. The highest BCUT2D eigenvalue weighted by molar-refractivity contribution is 8.61. The van der Waals surface area contributed by atoms with Crippen LogP contribution < -0.4 is 0 Å². The van der Waals surface area contributed by atoms with E-state index in [1.807, 2.05) is 0 Å². The summed E-state index contributed by atoms with van der Waals surface area (Å²) in [5.41, 5.74) is 0. The minimum Gasteiger partial charge on any atom is -0.240 e. The van der Waals surface area contributed by atoms with Crippen molar-refractivity contribution in [3.63, 3.8) is 0 Å². The van der Waals surface area contributed by atoms with Gasteiger partial charge in [-0.2, -0.15) is 0 Å². The van der Waals surface area contributed by atoms with Crippen molar-refractivity contribution in [2.75, 3.05) is 0 Å². The maximum atomic E-state index is 12.1. The number of benzene rings is 2. The van der Waals surface area contributed by atoms with Gasteiger partial charge < -0.3 is 0 Å². The van der Waals surface area contributed by atoms with E-state index in [0.29, 0.717) is 19.8 Å². The van der Waals surface area contributed by atoms with Crippen molar-refractivity contribution in [2.45, 2.75) is 9.79 Å². The first-order valence-electron chi connectivity index (χ1n) is 4.93. The molecule has 94 valence electrons. The molecule has 0 aliphatic carbocycles. The number of rotatable bonds is 3. The fourth-order valence-corrected chi connectivity index (χ4v) is 4.30. The highest BCUT2D eigenvalue weighted by Crippen LogP contribution is 2.20. The molecule has 0 aliphatic heterocycles. The lowest BCUT2D eigenvalue weighted by molar-refractivity contribution is 0.677. The van der Waals surface area contributed by atoms with Crippen molar-refractivity contribution in [1.82, 2.24) is 0 Å². The Labute approximate surface area is 119 Å². The van der Waals surface area contributed by atoms with Gasteiger partial charge in [0, 0.05) is 10.0 Å². The standard InChI is InChI=1S/C12H8Cl2O2S2/c13-9-1-5-11(6-2-9)17(15)18(16)12-7-3-10(14)4-8-12/h1-8H/t17-,18-/m0/s1. The topological polar surface area (TPSA) is 34.1 Å². The lowest BCUT2D eigenvalue weighted by atomic mass is 10.4. The van der Waals surface area contributed by atoms with Gasteiger partial charge in [-0.3, -0.25) is 0 Å². The second-order valence-corrected chi connectivity index (χ2v) is 7.95. The van der Waals surface area contributed by atoms with E-state index in [9.17, 15) is 8.42 Å². The molecule has 2 atom stereocenters. The summed E-state index contributed by atoms with van der Waals surface area (Å²) in [5, 5.41) is 1.10. The van der Waals surface area contributed by atoms with E-state index in [2.05, 4.69) is 0 Å². The number of halogens is 2. The Hall–Kier alpha value is -0.680. The summed E-state index contributed by atoms with van der Waals surface area (Å²) in [4.78, 5) is 0.959. The van der Waals surface area contributed by atoms with Crippen LogP contribution in [0.2, 0.25) is 10.0 Å². The van der Waals surface area contributed by atoms with Gasteiger partial charge in [0.15, 0.2) is 0 Å². The lowest BCUT2D eigenvalue weighted by Crippen LogP contribution is -2.01. The molecule has 0 heterocycles. The maximum absolute atomic E-state index is 12.1. The highest BCUT2D eigenvalue weighted by atomic mass is 35.5. The molecule has 0 bridgehead atoms. The molecular formula is C12H8Cl2O2S2. The molecule has 6 heteroatoms. The van der Waals surface area contributed by atoms with Gasteiger partial charge in [-0.05, 0) is 48.5 Å². The summed E-state index contributed by atoms with van der Waals surface area (Å²) < 4.78 is 24.2. The predicted molar refractivity (Wildman–Crippen MR) is 75.7 cm³/mol. The van der Waals surface area contributed by atoms with Crippen molar-refractivity contribution >= 4 is 42.9 Å². The fraction of sp³-hybridized carbons (Fsp3) is 0. The van der Waals surface area contributed by atoms with Crippen LogP contribution in [0.5, 0.6) is 0 Å². The molecule has 0 saturated heterocycles. The Bertz CT molecular complexity index is 539. The van der Waals surface area contributed by atoms with Gasteiger partial charge in [-0.1, -0.05) is 23.2 Å². The Morgan fingerprint density at radius 1 is 0.611 bits per heavy atom. The van der Waals surface area contributed by atoms with Crippen LogP contribution in [-0.2, 0) is 19.7 Å². The fourth-order valence-electron chi connectivity index (χ4n) is 1.27. The van der Waals surface area contributed by atoms with E-state index >= 15 is 0 Å². The Morgan fingerprint density at radius 3 is 1.17 bits per heavy atom. The molecule has 0 aliphatic rings. The Morgan fingerprint density at radius 2 is 0.889 bits per heavy atom. The van der Waals surface area contributed by atoms with Crippen LogP contribution in [0.1, 0.15) is 0 Å². The third kappa shape index (κ3) is 3.20.